The van der Waals surface area contributed by atoms with E-state index in [1.165, 1.54) is 70.9 Å². The Labute approximate surface area is 283 Å². The maximum absolute atomic E-state index is 4.73. The normalized spacial score (nSPS) is 11.7. The number of benzene rings is 8. The smallest absolute Gasteiger partial charge is 0.182 e. The number of aromatic nitrogens is 3. The van der Waals surface area contributed by atoms with Crippen LogP contribution in [-0.2, 0) is 0 Å². The molecule has 0 saturated heterocycles. The van der Waals surface area contributed by atoms with Gasteiger partial charge < -0.3 is 0 Å². The monoisotopic (exact) mass is 623 g/mol. The number of fused-ring (bicyclic) bond motifs is 5. The summed E-state index contributed by atoms with van der Waals surface area (Å²) in [5.41, 5.74) is 9.12. The number of hydrogen-bond donors (Lipinski definition) is 0. The second kappa shape index (κ2) is 11.0. The molecule has 2 heterocycles. The van der Waals surface area contributed by atoms with Crippen molar-refractivity contribution in [3.05, 3.63) is 176 Å². The van der Waals surface area contributed by atoms with Crippen molar-refractivity contribution in [2.24, 2.45) is 0 Å². The molecule has 0 bridgehead atoms. The molecular formula is C46H29N3. The Balaban J connectivity index is 1.21. The Kier molecular flexibility index (Phi) is 6.18. The second-order valence-corrected chi connectivity index (χ2v) is 12.7. The zero-order valence-electron chi connectivity index (χ0n) is 26.6. The zero-order chi connectivity index (χ0) is 32.3. The van der Waals surface area contributed by atoms with E-state index >= 15 is 0 Å². The average molecular weight is 624 g/mol. The lowest BCUT2D eigenvalue weighted by Crippen LogP contribution is -1.92. The Morgan fingerprint density at radius 2 is 0.857 bits per heavy atom. The number of pyridine rings is 1. The molecule has 0 unspecified atom stereocenters. The van der Waals surface area contributed by atoms with E-state index in [-0.39, 0.29) is 0 Å². The molecule has 3 nitrogen and oxygen atoms in total. The second-order valence-electron chi connectivity index (χ2n) is 12.7. The van der Waals surface area contributed by atoms with E-state index in [9.17, 15) is 0 Å². The molecule has 0 aliphatic heterocycles. The van der Waals surface area contributed by atoms with Gasteiger partial charge in [-0.3, -0.25) is 0 Å². The minimum absolute atomic E-state index is 0.723. The molecule has 228 valence electrons. The molecule has 0 aliphatic carbocycles. The van der Waals surface area contributed by atoms with Gasteiger partial charge in [0.2, 0.25) is 0 Å². The van der Waals surface area contributed by atoms with E-state index in [1.54, 1.807) is 0 Å². The highest BCUT2D eigenvalue weighted by molar-refractivity contribution is 6.22. The van der Waals surface area contributed by atoms with Gasteiger partial charge >= 0.3 is 0 Å². The number of hydrogen-bond acceptors (Lipinski definition) is 2. The van der Waals surface area contributed by atoms with E-state index in [2.05, 4.69) is 157 Å². The summed E-state index contributed by atoms with van der Waals surface area (Å²) in [6.45, 7) is 0. The lowest BCUT2D eigenvalue weighted by molar-refractivity contribution is 0.966. The molecular weight excluding hydrogens is 595 g/mol. The van der Waals surface area contributed by atoms with Crippen molar-refractivity contribution in [1.82, 2.24) is 14.6 Å². The first-order valence-electron chi connectivity index (χ1n) is 16.7. The maximum atomic E-state index is 4.73. The minimum atomic E-state index is 0.723. The lowest BCUT2D eigenvalue weighted by Gasteiger charge is -2.19. The number of nitrogens with zero attached hydrogens (tertiary/aromatic N) is 3. The van der Waals surface area contributed by atoms with Gasteiger partial charge in [0.15, 0.2) is 11.5 Å². The summed E-state index contributed by atoms with van der Waals surface area (Å²) in [4.78, 5) is 4.73. The summed E-state index contributed by atoms with van der Waals surface area (Å²) >= 11 is 0. The highest BCUT2D eigenvalue weighted by atomic mass is 15.3. The van der Waals surface area contributed by atoms with Crippen LogP contribution in [-0.4, -0.2) is 14.6 Å². The van der Waals surface area contributed by atoms with Gasteiger partial charge in [0.25, 0.3) is 0 Å². The fourth-order valence-electron chi connectivity index (χ4n) is 7.44. The SMILES string of the molecule is c1ccc2cc(-c3c4ccccc4c(-c4ccc5ccccc5c4)c4cc(-c5ccc(-c6nc7ccccn7n6)cc5)ccc34)ccc2c1. The van der Waals surface area contributed by atoms with Crippen molar-refractivity contribution < 1.29 is 0 Å². The van der Waals surface area contributed by atoms with Crippen molar-refractivity contribution in [1.29, 1.82) is 0 Å². The molecule has 0 radical (unpaired) electrons. The van der Waals surface area contributed by atoms with Crippen molar-refractivity contribution in [2.45, 2.75) is 0 Å². The van der Waals surface area contributed by atoms with Crippen LogP contribution in [0.5, 0.6) is 0 Å². The standard InChI is InChI=1S/C46H29N3/c1-3-11-34-27-37(22-18-30(34)9-1)44-39-13-5-6-14-40(39)45(38-23-19-31-10-2-4-12-35(31)28-38)42-29-36(24-25-41(42)44)32-16-20-33(21-17-32)46-47-43-15-7-8-26-49(43)48-46/h1-29H. The van der Waals surface area contributed by atoms with Gasteiger partial charge in [-0.25, -0.2) is 9.50 Å². The fourth-order valence-corrected chi connectivity index (χ4v) is 7.44. The Morgan fingerprint density at radius 3 is 1.51 bits per heavy atom. The topological polar surface area (TPSA) is 30.2 Å². The van der Waals surface area contributed by atoms with Gasteiger partial charge in [-0.05, 0) is 107 Å². The maximum Gasteiger partial charge on any atom is 0.182 e. The van der Waals surface area contributed by atoms with Crippen molar-refractivity contribution in [3.8, 4) is 44.8 Å². The Bertz CT molecular complexity index is 2850. The third kappa shape index (κ3) is 4.59. The van der Waals surface area contributed by atoms with Gasteiger partial charge in [-0.1, -0.05) is 140 Å². The Hall–Kier alpha value is -6.58. The highest BCUT2D eigenvalue weighted by Crippen LogP contribution is 2.45. The van der Waals surface area contributed by atoms with Crippen molar-refractivity contribution in [3.63, 3.8) is 0 Å². The lowest BCUT2D eigenvalue weighted by atomic mass is 9.84. The van der Waals surface area contributed by atoms with E-state index in [0.29, 0.717) is 0 Å². The summed E-state index contributed by atoms with van der Waals surface area (Å²) in [6, 6.07) is 61.4. The minimum Gasteiger partial charge on any atom is -0.221 e. The third-order valence-electron chi connectivity index (χ3n) is 9.82. The van der Waals surface area contributed by atoms with Crippen LogP contribution >= 0.6 is 0 Å². The first-order chi connectivity index (χ1) is 24.3. The summed E-state index contributed by atoms with van der Waals surface area (Å²) in [7, 11) is 0. The molecule has 0 atom stereocenters. The predicted octanol–water partition coefficient (Wildman–Crippen LogP) is 12.0. The Morgan fingerprint density at radius 1 is 0.347 bits per heavy atom. The van der Waals surface area contributed by atoms with Crippen molar-refractivity contribution >= 4 is 48.7 Å². The number of rotatable bonds is 4. The zero-order valence-corrected chi connectivity index (χ0v) is 26.6. The molecule has 0 fully saturated rings. The van der Waals surface area contributed by atoms with Crippen LogP contribution in [0.25, 0.3) is 93.5 Å². The first kappa shape index (κ1) is 27.5. The molecule has 10 rings (SSSR count). The van der Waals surface area contributed by atoms with Crippen LogP contribution < -0.4 is 0 Å². The molecule has 10 aromatic rings. The molecule has 0 spiro atoms. The summed E-state index contributed by atoms with van der Waals surface area (Å²) in [5, 5.41) is 14.6. The van der Waals surface area contributed by atoms with E-state index in [1.807, 2.05) is 28.9 Å². The molecule has 49 heavy (non-hydrogen) atoms. The van der Waals surface area contributed by atoms with Gasteiger partial charge in [-0.15, -0.1) is 5.10 Å². The summed E-state index contributed by atoms with van der Waals surface area (Å²) < 4.78 is 1.82. The fraction of sp³-hybridized carbons (Fsp3) is 0. The molecule has 0 amide bonds. The quantitative estimate of drug-likeness (QED) is 0.183. The van der Waals surface area contributed by atoms with E-state index < -0.39 is 0 Å². The third-order valence-corrected chi connectivity index (χ3v) is 9.82. The van der Waals surface area contributed by atoms with Crippen LogP contribution in [0.4, 0.5) is 0 Å². The van der Waals surface area contributed by atoms with Crippen LogP contribution in [0.2, 0.25) is 0 Å². The van der Waals surface area contributed by atoms with Crippen LogP contribution in [0.15, 0.2) is 176 Å². The van der Waals surface area contributed by atoms with Crippen LogP contribution in [0.3, 0.4) is 0 Å². The summed E-state index contributed by atoms with van der Waals surface area (Å²) in [5.74, 6) is 0.723. The molecule has 3 heteroatoms. The van der Waals surface area contributed by atoms with Crippen molar-refractivity contribution in [2.75, 3.05) is 0 Å². The largest absolute Gasteiger partial charge is 0.221 e. The predicted molar refractivity (Wildman–Crippen MR) is 205 cm³/mol. The van der Waals surface area contributed by atoms with Crippen LogP contribution in [0.1, 0.15) is 0 Å². The van der Waals surface area contributed by atoms with Gasteiger partial charge in [-0.2, -0.15) is 0 Å². The van der Waals surface area contributed by atoms with Gasteiger partial charge in [0.1, 0.15) is 0 Å². The van der Waals surface area contributed by atoms with Crippen LogP contribution in [0, 0.1) is 0 Å². The van der Waals surface area contributed by atoms with Gasteiger partial charge in [0.05, 0.1) is 0 Å². The van der Waals surface area contributed by atoms with E-state index in [4.69, 9.17) is 4.98 Å². The molecule has 8 aromatic carbocycles. The molecule has 2 aromatic heterocycles. The molecule has 0 N–H and O–H groups in total. The summed E-state index contributed by atoms with van der Waals surface area (Å²) in [6.07, 6.45) is 1.93. The molecule has 0 aliphatic rings. The van der Waals surface area contributed by atoms with Gasteiger partial charge in [0, 0.05) is 11.8 Å². The average Bonchev–Trinajstić information content (AvgIpc) is 3.61. The molecule has 0 saturated carbocycles. The highest BCUT2D eigenvalue weighted by Gasteiger charge is 2.18. The van der Waals surface area contributed by atoms with E-state index in [0.717, 1.165) is 22.6 Å². The first-order valence-corrected chi connectivity index (χ1v) is 16.7.